The minimum atomic E-state index is -4.77. The molecule has 12 heteroatoms. The van der Waals surface area contributed by atoms with Gasteiger partial charge in [0.15, 0.2) is 0 Å². The quantitative estimate of drug-likeness (QED) is 0.271. The molecule has 0 saturated carbocycles. The van der Waals surface area contributed by atoms with E-state index in [-0.39, 0.29) is 29.5 Å². The second kappa shape index (κ2) is 13.8. The van der Waals surface area contributed by atoms with Crippen molar-refractivity contribution in [3.05, 3.63) is 95.8 Å². The maximum absolute atomic E-state index is 13.9. The molecule has 7 nitrogen and oxygen atoms in total. The molecule has 0 saturated heterocycles. The van der Waals surface area contributed by atoms with Crippen LogP contribution in [0.15, 0.2) is 83.8 Å². The number of amides is 2. The summed E-state index contributed by atoms with van der Waals surface area (Å²) in [5.41, 5.74) is -0.999. The van der Waals surface area contributed by atoms with Gasteiger partial charge in [-0.1, -0.05) is 57.2 Å². The Bertz CT molecular complexity index is 1460. The largest absolute Gasteiger partial charge is 0.416 e. The highest BCUT2D eigenvalue weighted by atomic mass is 32.2. The third kappa shape index (κ3) is 8.31. The number of alkyl halides is 3. The first-order valence-electron chi connectivity index (χ1n) is 13.3. The summed E-state index contributed by atoms with van der Waals surface area (Å²) in [5, 5.41) is 2.78. The van der Waals surface area contributed by atoms with Crippen molar-refractivity contribution < 1.29 is 35.6 Å². The first-order valence-corrected chi connectivity index (χ1v) is 14.7. The summed E-state index contributed by atoms with van der Waals surface area (Å²) in [6.45, 7) is 4.72. The van der Waals surface area contributed by atoms with Crippen molar-refractivity contribution in [1.82, 2.24) is 10.2 Å². The van der Waals surface area contributed by atoms with Gasteiger partial charge in [-0.25, -0.2) is 12.8 Å². The number of carbonyl (C=O) groups excluding carboxylic acids is 2. The summed E-state index contributed by atoms with van der Waals surface area (Å²) < 4.78 is 82.4. The van der Waals surface area contributed by atoms with Crippen LogP contribution in [0.4, 0.5) is 23.2 Å². The fourth-order valence-electron chi connectivity index (χ4n) is 4.21. The minimum absolute atomic E-state index is 0.111. The van der Waals surface area contributed by atoms with E-state index >= 15 is 0 Å². The minimum Gasteiger partial charge on any atom is -0.354 e. The SMILES string of the molecule is CC[C@H](C(=O)NCC(C)C)N(Cc1ccc(F)cc1)C(=O)CN(c1cccc(C(F)(F)F)c1)S(=O)(=O)c1ccccc1. The number of hydrogen-bond donors (Lipinski definition) is 1. The molecule has 0 spiro atoms. The van der Waals surface area contributed by atoms with Gasteiger partial charge in [-0.2, -0.15) is 13.2 Å². The lowest BCUT2D eigenvalue weighted by atomic mass is 10.1. The molecular weight excluding hydrogens is 574 g/mol. The number of anilines is 1. The zero-order valence-corrected chi connectivity index (χ0v) is 24.3. The smallest absolute Gasteiger partial charge is 0.354 e. The molecule has 0 radical (unpaired) electrons. The predicted molar refractivity (Wildman–Crippen MR) is 151 cm³/mol. The normalized spacial score (nSPS) is 12.6. The maximum Gasteiger partial charge on any atom is 0.416 e. The van der Waals surface area contributed by atoms with Crippen LogP contribution in [0, 0.1) is 11.7 Å². The molecule has 0 aliphatic carbocycles. The van der Waals surface area contributed by atoms with Gasteiger partial charge in [0.25, 0.3) is 10.0 Å². The first kappa shape index (κ1) is 32.6. The lowest BCUT2D eigenvalue weighted by Crippen LogP contribution is -2.52. The number of nitrogens with one attached hydrogen (secondary N) is 1. The Labute approximate surface area is 243 Å². The molecule has 0 aromatic heterocycles. The topological polar surface area (TPSA) is 86.8 Å². The molecule has 3 rings (SSSR count). The molecule has 226 valence electrons. The van der Waals surface area contributed by atoms with Crippen molar-refractivity contribution in [2.24, 2.45) is 5.92 Å². The molecule has 0 bridgehead atoms. The number of rotatable bonds is 12. The monoisotopic (exact) mass is 607 g/mol. The highest BCUT2D eigenvalue weighted by Gasteiger charge is 2.36. The zero-order valence-electron chi connectivity index (χ0n) is 23.4. The summed E-state index contributed by atoms with van der Waals surface area (Å²) >= 11 is 0. The van der Waals surface area contributed by atoms with Crippen LogP contribution in [0.5, 0.6) is 0 Å². The van der Waals surface area contributed by atoms with Gasteiger partial charge in [-0.05, 0) is 60.4 Å². The highest BCUT2D eigenvalue weighted by Crippen LogP contribution is 2.33. The molecular formula is C30H33F4N3O4S. The Morgan fingerprint density at radius 1 is 0.929 bits per heavy atom. The fraction of sp³-hybridized carbons (Fsp3) is 0.333. The number of nitrogens with zero attached hydrogens (tertiary/aromatic N) is 2. The summed E-state index contributed by atoms with van der Waals surface area (Å²) in [4.78, 5) is 28.1. The van der Waals surface area contributed by atoms with Gasteiger partial charge < -0.3 is 10.2 Å². The molecule has 0 aliphatic heterocycles. The van der Waals surface area contributed by atoms with Crippen LogP contribution in [-0.4, -0.2) is 44.3 Å². The Hall–Kier alpha value is -3.93. The van der Waals surface area contributed by atoms with Gasteiger partial charge in [0.2, 0.25) is 11.8 Å². The van der Waals surface area contributed by atoms with Crippen LogP contribution >= 0.6 is 0 Å². The second-order valence-electron chi connectivity index (χ2n) is 10.1. The van der Waals surface area contributed by atoms with Crippen molar-refractivity contribution in [3.8, 4) is 0 Å². The summed E-state index contributed by atoms with van der Waals surface area (Å²) in [6.07, 6.45) is -4.61. The molecule has 0 heterocycles. The molecule has 2 amide bonds. The highest BCUT2D eigenvalue weighted by molar-refractivity contribution is 7.92. The van der Waals surface area contributed by atoms with Crippen molar-refractivity contribution >= 4 is 27.5 Å². The molecule has 0 aliphatic rings. The number of hydrogen-bond acceptors (Lipinski definition) is 4. The second-order valence-corrected chi connectivity index (χ2v) is 11.9. The molecule has 1 atom stereocenters. The average molecular weight is 608 g/mol. The van der Waals surface area contributed by atoms with E-state index < -0.39 is 52.0 Å². The van der Waals surface area contributed by atoms with E-state index in [0.29, 0.717) is 22.5 Å². The number of halogens is 4. The van der Waals surface area contributed by atoms with Gasteiger partial charge in [-0.3, -0.25) is 13.9 Å². The summed E-state index contributed by atoms with van der Waals surface area (Å²) in [5.74, 6) is -1.70. The van der Waals surface area contributed by atoms with Crippen LogP contribution in [0.1, 0.15) is 38.3 Å². The molecule has 1 N–H and O–H groups in total. The van der Waals surface area contributed by atoms with Crippen molar-refractivity contribution in [1.29, 1.82) is 0 Å². The summed E-state index contributed by atoms with van der Waals surface area (Å²) in [7, 11) is -4.53. The van der Waals surface area contributed by atoms with E-state index in [1.54, 1.807) is 13.0 Å². The fourth-order valence-corrected chi connectivity index (χ4v) is 5.64. The summed E-state index contributed by atoms with van der Waals surface area (Å²) in [6, 6.07) is 14.9. The van der Waals surface area contributed by atoms with Crippen LogP contribution in [0.2, 0.25) is 0 Å². The Morgan fingerprint density at radius 2 is 1.57 bits per heavy atom. The first-order chi connectivity index (χ1) is 19.7. The zero-order chi connectivity index (χ0) is 31.1. The van der Waals surface area contributed by atoms with Gasteiger partial charge in [0.05, 0.1) is 16.1 Å². The molecule has 42 heavy (non-hydrogen) atoms. The maximum atomic E-state index is 13.9. The van der Waals surface area contributed by atoms with E-state index in [4.69, 9.17) is 0 Å². The van der Waals surface area contributed by atoms with Gasteiger partial charge in [0, 0.05) is 13.1 Å². The van der Waals surface area contributed by atoms with Gasteiger partial charge in [0.1, 0.15) is 18.4 Å². The Kier molecular flexibility index (Phi) is 10.7. The van der Waals surface area contributed by atoms with Crippen LogP contribution in [0.25, 0.3) is 0 Å². The van der Waals surface area contributed by atoms with Crippen LogP contribution in [0.3, 0.4) is 0 Å². The van der Waals surface area contributed by atoms with E-state index in [1.165, 1.54) is 59.5 Å². The van der Waals surface area contributed by atoms with Crippen molar-refractivity contribution in [3.63, 3.8) is 0 Å². The van der Waals surface area contributed by atoms with E-state index in [0.717, 1.165) is 12.1 Å². The van der Waals surface area contributed by atoms with Crippen LogP contribution < -0.4 is 9.62 Å². The van der Waals surface area contributed by atoms with E-state index in [9.17, 15) is 35.6 Å². The van der Waals surface area contributed by atoms with Crippen molar-refractivity contribution in [2.75, 3.05) is 17.4 Å². The predicted octanol–water partition coefficient (Wildman–Crippen LogP) is 5.62. The third-order valence-corrected chi connectivity index (χ3v) is 8.20. The average Bonchev–Trinajstić information content (AvgIpc) is 2.95. The lowest BCUT2D eigenvalue weighted by molar-refractivity contribution is -0.140. The number of sulfonamides is 1. The Morgan fingerprint density at radius 3 is 2.14 bits per heavy atom. The number of carbonyl (C=O) groups is 2. The van der Waals surface area contributed by atoms with Crippen molar-refractivity contribution in [2.45, 2.75) is 50.9 Å². The van der Waals surface area contributed by atoms with Gasteiger partial charge >= 0.3 is 6.18 Å². The number of benzene rings is 3. The van der Waals surface area contributed by atoms with Gasteiger partial charge in [-0.15, -0.1) is 0 Å². The van der Waals surface area contributed by atoms with Crippen LogP contribution in [-0.2, 0) is 32.3 Å². The standard InChI is InChI=1S/C30H33F4N3O4S/c1-4-27(29(39)35-18-21(2)3)36(19-22-13-15-24(31)16-14-22)28(38)20-37(42(40,41)26-11-6-5-7-12-26)25-10-8-9-23(17-25)30(32,33)34/h5-17,21,27H,4,18-20H2,1-3H3,(H,35,39)/t27-/m1/s1. The lowest BCUT2D eigenvalue weighted by Gasteiger charge is -2.33. The molecule has 0 unspecified atom stereocenters. The van der Waals surface area contributed by atoms with E-state index in [1.807, 2.05) is 13.8 Å². The third-order valence-electron chi connectivity index (χ3n) is 6.41. The molecule has 3 aromatic rings. The molecule has 3 aromatic carbocycles. The Balaban J connectivity index is 2.09. The van der Waals surface area contributed by atoms with E-state index in [2.05, 4.69) is 5.32 Å². The molecule has 0 fully saturated rings.